The van der Waals surface area contributed by atoms with Crippen molar-refractivity contribution in [3.05, 3.63) is 23.3 Å². The van der Waals surface area contributed by atoms with E-state index in [-0.39, 0.29) is 5.75 Å². The van der Waals surface area contributed by atoms with Crippen molar-refractivity contribution < 1.29 is 17.9 Å². The van der Waals surface area contributed by atoms with Gasteiger partial charge in [0, 0.05) is 21.7 Å². The van der Waals surface area contributed by atoms with Crippen LogP contribution >= 0.6 is 0 Å². The smallest absolute Gasteiger partial charge is 0.420 e. The zero-order valence-electron chi connectivity index (χ0n) is 16.0. The molecular weight excluding hydrogens is 345 g/mol. The summed E-state index contributed by atoms with van der Waals surface area (Å²) in [6.07, 6.45) is -2.16. The Morgan fingerprint density at radius 3 is 2.40 bits per heavy atom. The molecule has 0 amide bonds. The van der Waals surface area contributed by atoms with Crippen LogP contribution in [0.4, 0.5) is 18.9 Å². The molecule has 1 aromatic carbocycles. The van der Waals surface area contributed by atoms with Crippen LogP contribution in [0.5, 0.6) is 5.75 Å². The van der Waals surface area contributed by atoms with Crippen molar-refractivity contribution in [2.45, 2.75) is 52.1 Å². The second kappa shape index (κ2) is 8.74. The first-order valence-electron chi connectivity index (χ1n) is 8.53. The third-order valence-corrected chi connectivity index (χ3v) is 5.68. The van der Waals surface area contributed by atoms with E-state index in [1.54, 1.807) is 11.8 Å². The summed E-state index contributed by atoms with van der Waals surface area (Å²) in [6, 6.07) is 3.54. The summed E-state index contributed by atoms with van der Waals surface area (Å²) in [7, 11) is 0.602. The predicted octanol–water partition coefficient (Wildman–Crippen LogP) is 5.73. The highest BCUT2D eigenvalue weighted by Crippen LogP contribution is 2.40. The second-order valence-electron chi connectivity index (χ2n) is 7.46. The fraction of sp³-hybridized carbons (Fsp3) is 0.611. The van der Waals surface area contributed by atoms with Gasteiger partial charge in [0.05, 0.1) is 24.2 Å². The second-order valence-corrected chi connectivity index (χ2v) is 13.1. The van der Waals surface area contributed by atoms with Crippen LogP contribution in [0.3, 0.4) is 0 Å². The van der Waals surface area contributed by atoms with Crippen LogP contribution < -0.4 is 4.74 Å². The first kappa shape index (κ1) is 21.5. The summed E-state index contributed by atoms with van der Waals surface area (Å²) in [6.45, 7) is 11.4. The lowest BCUT2D eigenvalue weighted by Gasteiger charge is -2.18. The fourth-order valence-electron chi connectivity index (χ4n) is 2.18. The lowest BCUT2D eigenvalue weighted by Crippen LogP contribution is -2.20. The normalized spacial score (nSPS) is 12.7. The number of hydrogen-bond acceptors (Lipinski definition) is 2. The number of benzene rings is 1. The van der Waals surface area contributed by atoms with Crippen LogP contribution in [-0.2, 0) is 6.18 Å². The van der Waals surface area contributed by atoms with Gasteiger partial charge in [0.2, 0.25) is 0 Å². The van der Waals surface area contributed by atoms with Crippen LogP contribution in [0.2, 0.25) is 25.7 Å². The number of aryl methyl sites for hydroxylation is 1. The summed E-state index contributed by atoms with van der Waals surface area (Å²) >= 11 is 0. The molecule has 0 spiro atoms. The van der Waals surface area contributed by atoms with Crippen molar-refractivity contribution >= 4 is 20.1 Å². The Hall–Kier alpha value is -1.50. The molecule has 7 heteroatoms. The molecule has 0 saturated carbocycles. The molecule has 142 valence electrons. The Labute approximate surface area is 149 Å². The van der Waals surface area contributed by atoms with Crippen molar-refractivity contribution in [2.24, 2.45) is 4.99 Å². The van der Waals surface area contributed by atoms with E-state index in [1.807, 2.05) is 14.0 Å². The zero-order chi connectivity index (χ0) is 19.3. The number of ether oxygens (including phenoxy) is 1. The van der Waals surface area contributed by atoms with Gasteiger partial charge >= 0.3 is 6.18 Å². The number of rotatable bonds is 8. The molecule has 1 aromatic rings. The van der Waals surface area contributed by atoms with Crippen LogP contribution in [0.15, 0.2) is 17.1 Å². The van der Waals surface area contributed by atoms with Gasteiger partial charge in [0.25, 0.3) is 0 Å². The summed E-state index contributed by atoms with van der Waals surface area (Å²) in [5.41, 5.74) is 0.202. The van der Waals surface area contributed by atoms with Gasteiger partial charge in [-0.25, -0.2) is 4.99 Å². The molecule has 0 aliphatic rings. The number of halogens is 3. The molecule has 1 rings (SSSR count). The molecule has 25 heavy (non-hydrogen) atoms. The first-order valence-corrected chi connectivity index (χ1v) is 12.2. The molecule has 0 unspecified atom stereocenters. The van der Waals surface area contributed by atoms with E-state index in [0.717, 1.165) is 25.1 Å². The zero-order valence-corrected chi connectivity index (χ0v) is 17.0. The van der Waals surface area contributed by atoms with E-state index in [0.29, 0.717) is 17.9 Å². The Morgan fingerprint density at radius 1 is 1.24 bits per heavy atom. The van der Waals surface area contributed by atoms with E-state index in [9.17, 15) is 13.2 Å². The molecule has 0 aliphatic heterocycles. The summed E-state index contributed by atoms with van der Waals surface area (Å²) in [5, 5.41) is 0. The van der Waals surface area contributed by atoms with Crippen molar-refractivity contribution in [1.29, 1.82) is 0 Å². The predicted molar refractivity (Wildman–Crippen MR) is 101 cm³/mol. The van der Waals surface area contributed by atoms with E-state index in [2.05, 4.69) is 24.6 Å². The highest BCUT2D eigenvalue weighted by atomic mass is 28.3. The minimum Gasteiger partial charge on any atom is -0.493 e. The van der Waals surface area contributed by atoms with Crippen molar-refractivity contribution in [3.63, 3.8) is 0 Å². The maximum absolute atomic E-state index is 13.4. The Bertz CT molecular complexity index is 595. The van der Waals surface area contributed by atoms with E-state index < -0.39 is 19.8 Å². The van der Waals surface area contributed by atoms with Crippen LogP contribution in [-0.4, -0.2) is 39.5 Å². The van der Waals surface area contributed by atoms with E-state index in [1.165, 1.54) is 12.4 Å². The quantitative estimate of drug-likeness (QED) is 0.251. The molecule has 0 saturated heterocycles. The van der Waals surface area contributed by atoms with Crippen LogP contribution in [0.25, 0.3) is 0 Å². The van der Waals surface area contributed by atoms with Gasteiger partial charge in [-0.05, 0) is 38.0 Å². The molecule has 0 fully saturated rings. The van der Waals surface area contributed by atoms with Gasteiger partial charge in [-0.15, -0.1) is 0 Å². The van der Waals surface area contributed by atoms with Crippen LogP contribution in [0.1, 0.15) is 24.5 Å². The van der Waals surface area contributed by atoms with Gasteiger partial charge in [-0.2, -0.15) is 13.2 Å². The lowest BCUT2D eigenvalue weighted by atomic mass is 10.1. The van der Waals surface area contributed by atoms with Gasteiger partial charge < -0.3 is 9.64 Å². The summed E-state index contributed by atoms with van der Waals surface area (Å²) in [5.74, 6) is -0.108. The third kappa shape index (κ3) is 7.50. The molecule has 0 radical (unpaired) electrons. The Kier molecular flexibility index (Phi) is 7.53. The molecule has 0 atom stereocenters. The molecule has 0 aromatic heterocycles. The highest BCUT2D eigenvalue weighted by molar-refractivity contribution is 6.76. The number of nitrogens with zero attached hydrogens (tertiary/aromatic N) is 2. The fourth-order valence-corrected chi connectivity index (χ4v) is 3.38. The average Bonchev–Trinajstić information content (AvgIpc) is 2.48. The summed E-state index contributed by atoms with van der Waals surface area (Å²) < 4.78 is 45.6. The topological polar surface area (TPSA) is 24.8 Å². The SMILES string of the molecule is CCN(C)C=Nc1cc(C(F)(F)F)c(OCCC[Si](C)(C)C)cc1C. The molecule has 0 N–H and O–H groups in total. The lowest BCUT2D eigenvalue weighted by molar-refractivity contribution is -0.138. The van der Waals surface area contributed by atoms with Gasteiger partial charge in [0.1, 0.15) is 5.75 Å². The monoisotopic (exact) mass is 374 g/mol. The summed E-state index contributed by atoms with van der Waals surface area (Å²) in [4.78, 5) is 5.97. The van der Waals surface area contributed by atoms with Crippen molar-refractivity contribution in [2.75, 3.05) is 20.2 Å². The molecule has 3 nitrogen and oxygen atoms in total. The molecule has 0 heterocycles. The minimum atomic E-state index is -4.47. The van der Waals surface area contributed by atoms with Crippen molar-refractivity contribution in [3.8, 4) is 5.75 Å². The maximum atomic E-state index is 13.4. The molecule has 0 aliphatic carbocycles. The number of hydrogen-bond donors (Lipinski definition) is 0. The number of alkyl halides is 3. The molecular formula is C18H29F3N2OSi. The minimum absolute atomic E-state index is 0.108. The van der Waals surface area contributed by atoms with E-state index in [4.69, 9.17) is 4.74 Å². The van der Waals surface area contributed by atoms with Gasteiger partial charge in [-0.1, -0.05) is 25.7 Å². The van der Waals surface area contributed by atoms with Gasteiger partial charge in [-0.3, -0.25) is 0 Å². The highest BCUT2D eigenvalue weighted by Gasteiger charge is 2.35. The maximum Gasteiger partial charge on any atom is 0.420 e. The standard InChI is InChI=1S/C18H29F3N2OSi/c1-7-23(3)13-22-16-12-15(18(19,20)21)17(11-14(16)2)24-9-8-10-25(4,5)6/h11-13H,7-10H2,1-6H3. The first-order chi connectivity index (χ1) is 11.4. The number of aliphatic imine (C=N–C) groups is 1. The van der Waals surface area contributed by atoms with Gasteiger partial charge in [0.15, 0.2) is 0 Å². The van der Waals surface area contributed by atoms with Crippen LogP contribution in [0, 0.1) is 6.92 Å². The average molecular weight is 375 g/mol. The third-order valence-electron chi connectivity index (χ3n) is 3.82. The Balaban J connectivity index is 3.01. The molecule has 0 bridgehead atoms. The largest absolute Gasteiger partial charge is 0.493 e. The Morgan fingerprint density at radius 2 is 1.88 bits per heavy atom. The van der Waals surface area contributed by atoms with E-state index >= 15 is 0 Å². The van der Waals surface area contributed by atoms with Crippen molar-refractivity contribution in [1.82, 2.24) is 4.90 Å².